The van der Waals surface area contributed by atoms with Crippen LogP contribution >= 0.6 is 0 Å². The fourth-order valence-corrected chi connectivity index (χ4v) is 3.57. The van der Waals surface area contributed by atoms with E-state index in [4.69, 9.17) is 9.84 Å². The van der Waals surface area contributed by atoms with Crippen LogP contribution in [0.25, 0.3) is 0 Å². The lowest BCUT2D eigenvalue weighted by Gasteiger charge is -2.36. The van der Waals surface area contributed by atoms with Crippen molar-refractivity contribution in [1.82, 2.24) is 9.80 Å². The van der Waals surface area contributed by atoms with Crippen LogP contribution < -0.4 is 4.74 Å². The highest BCUT2D eigenvalue weighted by molar-refractivity contribution is 5.34. The smallest absolute Gasteiger partial charge is 0.122 e. The lowest BCUT2D eigenvalue weighted by atomic mass is 9.96. The SMILES string of the molecule is OCCCN1CCN(C[C@H]2CCOc3ccccc3C2)CC1. The normalized spacial score (nSPS) is 23.6. The van der Waals surface area contributed by atoms with Gasteiger partial charge in [-0.3, -0.25) is 0 Å². The number of hydrogen-bond donors (Lipinski definition) is 1. The molecule has 1 aromatic rings. The first-order valence-electron chi connectivity index (χ1n) is 8.61. The van der Waals surface area contributed by atoms with Gasteiger partial charge in [0.05, 0.1) is 6.61 Å². The second kappa shape index (κ2) is 7.95. The minimum atomic E-state index is 0.307. The first-order chi connectivity index (χ1) is 10.8. The Labute approximate surface area is 133 Å². The molecular weight excluding hydrogens is 276 g/mol. The molecule has 0 amide bonds. The number of fused-ring (bicyclic) bond motifs is 1. The molecule has 1 N–H and O–H groups in total. The Morgan fingerprint density at radius 3 is 2.68 bits per heavy atom. The van der Waals surface area contributed by atoms with Crippen molar-refractivity contribution in [2.45, 2.75) is 19.3 Å². The maximum Gasteiger partial charge on any atom is 0.122 e. The van der Waals surface area contributed by atoms with E-state index < -0.39 is 0 Å². The first-order valence-corrected chi connectivity index (χ1v) is 8.61. The zero-order valence-corrected chi connectivity index (χ0v) is 13.4. The number of hydrogen-bond acceptors (Lipinski definition) is 4. The highest BCUT2D eigenvalue weighted by Crippen LogP contribution is 2.27. The molecule has 0 radical (unpaired) electrons. The summed E-state index contributed by atoms with van der Waals surface area (Å²) in [6.45, 7) is 7.97. The molecule has 1 aromatic carbocycles. The van der Waals surface area contributed by atoms with Crippen molar-refractivity contribution >= 4 is 0 Å². The molecule has 3 rings (SSSR count). The van der Waals surface area contributed by atoms with Crippen LogP contribution in [0.5, 0.6) is 5.75 Å². The number of aliphatic hydroxyl groups excluding tert-OH is 1. The van der Waals surface area contributed by atoms with Crippen LogP contribution in [0, 0.1) is 5.92 Å². The van der Waals surface area contributed by atoms with E-state index in [1.165, 1.54) is 12.1 Å². The monoisotopic (exact) mass is 304 g/mol. The van der Waals surface area contributed by atoms with Crippen LogP contribution in [0.3, 0.4) is 0 Å². The van der Waals surface area contributed by atoms with E-state index in [1.807, 2.05) is 0 Å². The molecule has 2 heterocycles. The number of aliphatic hydroxyl groups is 1. The molecule has 1 atom stereocenters. The minimum absolute atomic E-state index is 0.307. The molecule has 4 nitrogen and oxygen atoms in total. The van der Waals surface area contributed by atoms with Gasteiger partial charge in [0.15, 0.2) is 0 Å². The fourth-order valence-electron chi connectivity index (χ4n) is 3.57. The maximum absolute atomic E-state index is 8.92. The van der Waals surface area contributed by atoms with Gasteiger partial charge in [-0.15, -0.1) is 0 Å². The third kappa shape index (κ3) is 4.22. The quantitative estimate of drug-likeness (QED) is 0.897. The number of benzene rings is 1. The molecule has 0 saturated carbocycles. The average molecular weight is 304 g/mol. The molecule has 2 aliphatic rings. The summed E-state index contributed by atoms with van der Waals surface area (Å²) in [5.74, 6) is 1.78. The Balaban J connectivity index is 1.48. The Kier molecular flexibility index (Phi) is 5.70. The third-order valence-corrected chi connectivity index (χ3v) is 4.88. The van der Waals surface area contributed by atoms with Gasteiger partial charge in [-0.25, -0.2) is 0 Å². The van der Waals surface area contributed by atoms with Gasteiger partial charge in [0.2, 0.25) is 0 Å². The van der Waals surface area contributed by atoms with E-state index >= 15 is 0 Å². The van der Waals surface area contributed by atoms with Crippen LogP contribution in [0.15, 0.2) is 24.3 Å². The molecule has 0 unspecified atom stereocenters. The van der Waals surface area contributed by atoms with Gasteiger partial charge < -0.3 is 19.6 Å². The van der Waals surface area contributed by atoms with Gasteiger partial charge in [0.1, 0.15) is 5.75 Å². The second-order valence-electron chi connectivity index (χ2n) is 6.53. The first kappa shape index (κ1) is 15.8. The molecule has 22 heavy (non-hydrogen) atoms. The van der Waals surface area contributed by atoms with E-state index in [9.17, 15) is 0 Å². The minimum Gasteiger partial charge on any atom is -0.493 e. The summed E-state index contributed by atoms with van der Waals surface area (Å²) in [7, 11) is 0. The molecule has 4 heteroatoms. The lowest BCUT2D eigenvalue weighted by molar-refractivity contribution is 0.108. The van der Waals surface area contributed by atoms with Gasteiger partial charge >= 0.3 is 0 Å². The second-order valence-corrected chi connectivity index (χ2v) is 6.53. The Hall–Kier alpha value is -1.10. The lowest BCUT2D eigenvalue weighted by Crippen LogP contribution is -2.48. The molecule has 0 bridgehead atoms. The summed E-state index contributed by atoms with van der Waals surface area (Å²) in [5.41, 5.74) is 1.37. The van der Waals surface area contributed by atoms with E-state index in [1.54, 1.807) is 0 Å². The Morgan fingerprint density at radius 2 is 1.86 bits per heavy atom. The molecule has 122 valence electrons. The van der Waals surface area contributed by atoms with Crippen LogP contribution in [-0.4, -0.2) is 67.4 Å². The molecule has 0 spiro atoms. The number of para-hydroxylation sites is 1. The van der Waals surface area contributed by atoms with Crippen LogP contribution in [-0.2, 0) is 6.42 Å². The van der Waals surface area contributed by atoms with Crippen molar-refractivity contribution in [3.63, 3.8) is 0 Å². The average Bonchev–Trinajstić information content (AvgIpc) is 2.76. The molecular formula is C18H28N2O2. The zero-order chi connectivity index (χ0) is 15.2. The van der Waals surface area contributed by atoms with Crippen molar-refractivity contribution < 1.29 is 9.84 Å². The summed E-state index contributed by atoms with van der Waals surface area (Å²) in [5, 5.41) is 8.92. The highest BCUT2D eigenvalue weighted by atomic mass is 16.5. The van der Waals surface area contributed by atoms with Gasteiger partial charge in [-0.2, -0.15) is 0 Å². The number of rotatable bonds is 5. The van der Waals surface area contributed by atoms with Crippen molar-refractivity contribution in [3.05, 3.63) is 29.8 Å². The van der Waals surface area contributed by atoms with Gasteiger partial charge in [-0.1, -0.05) is 18.2 Å². The predicted molar refractivity (Wildman–Crippen MR) is 88.3 cm³/mol. The number of nitrogens with zero attached hydrogens (tertiary/aromatic N) is 2. The van der Waals surface area contributed by atoms with Crippen molar-refractivity contribution in [2.75, 3.05) is 52.5 Å². The van der Waals surface area contributed by atoms with Crippen LogP contribution in [0.4, 0.5) is 0 Å². The Morgan fingerprint density at radius 1 is 1.09 bits per heavy atom. The van der Waals surface area contributed by atoms with E-state index in [2.05, 4.69) is 34.1 Å². The van der Waals surface area contributed by atoms with Gasteiger partial charge in [-0.05, 0) is 36.8 Å². The molecule has 2 aliphatic heterocycles. The van der Waals surface area contributed by atoms with E-state index in [0.717, 1.165) is 64.3 Å². The Bertz CT molecular complexity index is 458. The van der Waals surface area contributed by atoms with Crippen molar-refractivity contribution in [1.29, 1.82) is 0 Å². The van der Waals surface area contributed by atoms with E-state index in [-0.39, 0.29) is 0 Å². The van der Waals surface area contributed by atoms with Gasteiger partial charge in [0.25, 0.3) is 0 Å². The summed E-state index contributed by atoms with van der Waals surface area (Å²) >= 11 is 0. The van der Waals surface area contributed by atoms with Crippen LogP contribution in [0.2, 0.25) is 0 Å². The summed E-state index contributed by atoms with van der Waals surface area (Å²) in [6, 6.07) is 8.48. The highest BCUT2D eigenvalue weighted by Gasteiger charge is 2.22. The topological polar surface area (TPSA) is 35.9 Å². The van der Waals surface area contributed by atoms with Gasteiger partial charge in [0, 0.05) is 45.9 Å². The number of ether oxygens (including phenoxy) is 1. The summed E-state index contributed by atoms with van der Waals surface area (Å²) < 4.78 is 5.88. The largest absolute Gasteiger partial charge is 0.493 e. The zero-order valence-electron chi connectivity index (χ0n) is 13.4. The molecule has 1 saturated heterocycles. The number of piperazine rings is 1. The van der Waals surface area contributed by atoms with Crippen molar-refractivity contribution in [3.8, 4) is 5.75 Å². The van der Waals surface area contributed by atoms with Crippen LogP contribution in [0.1, 0.15) is 18.4 Å². The molecule has 0 aromatic heterocycles. The molecule has 0 aliphatic carbocycles. The van der Waals surface area contributed by atoms with E-state index in [0.29, 0.717) is 12.5 Å². The summed E-state index contributed by atoms with van der Waals surface area (Å²) in [4.78, 5) is 5.08. The predicted octanol–water partition coefficient (Wildman–Crippen LogP) is 1.63. The standard InChI is InChI=1S/C18H28N2O2/c21-12-3-7-19-8-10-20(11-9-19)15-16-6-13-22-18-5-2-1-4-17(18)14-16/h1-2,4-5,16,21H,3,6-15H2/t16-/m0/s1. The maximum atomic E-state index is 8.92. The summed E-state index contributed by atoms with van der Waals surface area (Å²) in [6.07, 6.45) is 3.19. The van der Waals surface area contributed by atoms with Crippen molar-refractivity contribution in [2.24, 2.45) is 5.92 Å². The molecule has 1 fully saturated rings. The fraction of sp³-hybridized carbons (Fsp3) is 0.667. The third-order valence-electron chi connectivity index (χ3n) is 4.88.